The van der Waals surface area contributed by atoms with Crippen molar-refractivity contribution in [2.45, 2.75) is 38.8 Å². The molecule has 2 fully saturated rings. The number of hydrogen-bond acceptors (Lipinski definition) is 3. The maximum absolute atomic E-state index is 12.3. The Morgan fingerprint density at radius 2 is 2.12 bits per heavy atom. The largest absolute Gasteiger partial charge is 0.352 e. The topological polar surface area (TPSA) is 61.4 Å². The van der Waals surface area contributed by atoms with Crippen molar-refractivity contribution >= 4 is 11.8 Å². The molecule has 3 atom stereocenters. The molecule has 5 nitrogen and oxygen atoms in total. The Bertz CT molecular complexity index is 319. The van der Waals surface area contributed by atoms with Crippen LogP contribution in [0.4, 0.5) is 0 Å². The van der Waals surface area contributed by atoms with Crippen LogP contribution in [0.25, 0.3) is 0 Å². The molecule has 2 aliphatic rings. The van der Waals surface area contributed by atoms with E-state index in [-0.39, 0.29) is 29.8 Å². The summed E-state index contributed by atoms with van der Waals surface area (Å²) in [5.74, 6) is 0.349. The van der Waals surface area contributed by atoms with E-state index < -0.39 is 0 Å². The number of nitrogens with zero attached hydrogens (tertiary/aromatic N) is 1. The molecule has 2 saturated heterocycles. The maximum atomic E-state index is 12.3. The highest BCUT2D eigenvalue weighted by atomic mass is 16.2. The number of carbonyl (C=O) groups is 2. The minimum Gasteiger partial charge on any atom is -0.352 e. The summed E-state index contributed by atoms with van der Waals surface area (Å²) in [5.41, 5.74) is 0. The number of nitrogens with one attached hydrogen (secondary N) is 2. The highest BCUT2D eigenvalue weighted by Gasteiger charge is 2.35. The van der Waals surface area contributed by atoms with Gasteiger partial charge in [0.25, 0.3) is 0 Å². The van der Waals surface area contributed by atoms with E-state index in [1.807, 2.05) is 4.90 Å². The first-order valence-electron chi connectivity index (χ1n) is 6.37. The van der Waals surface area contributed by atoms with E-state index in [2.05, 4.69) is 17.6 Å². The summed E-state index contributed by atoms with van der Waals surface area (Å²) in [5, 5.41) is 6.18. The Morgan fingerprint density at radius 3 is 2.71 bits per heavy atom. The molecule has 0 radical (unpaired) electrons. The van der Waals surface area contributed by atoms with Crippen molar-refractivity contribution in [3.63, 3.8) is 0 Å². The average Bonchev–Trinajstić information content (AvgIpc) is 2.85. The van der Waals surface area contributed by atoms with Crippen LogP contribution in [0.2, 0.25) is 0 Å². The molecule has 0 spiro atoms. The second kappa shape index (κ2) is 5.04. The van der Waals surface area contributed by atoms with E-state index in [9.17, 15) is 9.59 Å². The summed E-state index contributed by atoms with van der Waals surface area (Å²) in [6, 6.07) is 0.420. The van der Waals surface area contributed by atoms with Gasteiger partial charge < -0.3 is 15.5 Å². The molecule has 3 unspecified atom stereocenters. The number of likely N-dealkylation sites (tertiary alicyclic amines) is 1. The molecule has 17 heavy (non-hydrogen) atoms. The Morgan fingerprint density at radius 1 is 1.35 bits per heavy atom. The first-order chi connectivity index (χ1) is 8.08. The third kappa shape index (κ3) is 2.77. The van der Waals surface area contributed by atoms with Crippen LogP contribution in [0.1, 0.15) is 26.7 Å². The van der Waals surface area contributed by atoms with Crippen molar-refractivity contribution in [3.05, 3.63) is 0 Å². The lowest BCUT2D eigenvalue weighted by Crippen LogP contribution is -2.41. The molecule has 0 aromatic rings. The van der Waals surface area contributed by atoms with Crippen LogP contribution in [0.15, 0.2) is 0 Å². The Kier molecular flexibility index (Phi) is 3.66. The summed E-state index contributed by atoms with van der Waals surface area (Å²) in [6.45, 7) is 5.96. The van der Waals surface area contributed by atoms with Crippen LogP contribution in [-0.4, -0.2) is 48.4 Å². The fraction of sp³-hybridized carbons (Fsp3) is 0.833. The van der Waals surface area contributed by atoms with Crippen molar-refractivity contribution in [2.24, 2.45) is 5.92 Å². The van der Waals surface area contributed by atoms with Crippen LogP contribution >= 0.6 is 0 Å². The zero-order chi connectivity index (χ0) is 12.4. The Hall–Kier alpha value is -1.10. The molecule has 2 N–H and O–H groups in total. The minimum absolute atomic E-state index is 0.0137. The smallest absolute Gasteiger partial charge is 0.227 e. The number of carbonyl (C=O) groups excluding carboxylic acids is 2. The van der Waals surface area contributed by atoms with E-state index in [0.29, 0.717) is 6.54 Å². The monoisotopic (exact) mass is 239 g/mol. The lowest BCUT2D eigenvalue weighted by Gasteiger charge is -2.22. The van der Waals surface area contributed by atoms with E-state index >= 15 is 0 Å². The minimum atomic E-state index is -0.0137. The van der Waals surface area contributed by atoms with Gasteiger partial charge in [0.2, 0.25) is 11.8 Å². The maximum Gasteiger partial charge on any atom is 0.227 e. The van der Waals surface area contributed by atoms with E-state index in [1.165, 1.54) is 6.92 Å². The highest BCUT2D eigenvalue weighted by molar-refractivity contribution is 5.80. The second-order valence-electron chi connectivity index (χ2n) is 5.11. The summed E-state index contributed by atoms with van der Waals surface area (Å²) in [4.78, 5) is 25.1. The van der Waals surface area contributed by atoms with Gasteiger partial charge in [0.15, 0.2) is 0 Å². The van der Waals surface area contributed by atoms with Crippen molar-refractivity contribution in [1.29, 1.82) is 0 Å². The van der Waals surface area contributed by atoms with Crippen LogP contribution in [0.5, 0.6) is 0 Å². The highest BCUT2D eigenvalue weighted by Crippen LogP contribution is 2.21. The summed E-state index contributed by atoms with van der Waals surface area (Å²) >= 11 is 0. The molecule has 0 aromatic carbocycles. The average molecular weight is 239 g/mol. The second-order valence-corrected chi connectivity index (χ2v) is 5.11. The summed E-state index contributed by atoms with van der Waals surface area (Å²) in [7, 11) is 0. The Balaban J connectivity index is 1.87. The van der Waals surface area contributed by atoms with E-state index in [0.717, 1.165) is 25.9 Å². The van der Waals surface area contributed by atoms with E-state index in [1.54, 1.807) is 0 Å². The van der Waals surface area contributed by atoms with Gasteiger partial charge in [-0.25, -0.2) is 0 Å². The molecular formula is C12H21N3O2. The lowest BCUT2D eigenvalue weighted by molar-refractivity contribution is -0.134. The van der Waals surface area contributed by atoms with Crippen LogP contribution in [0, 0.1) is 5.92 Å². The van der Waals surface area contributed by atoms with Gasteiger partial charge in [0, 0.05) is 32.1 Å². The van der Waals surface area contributed by atoms with Crippen molar-refractivity contribution < 1.29 is 9.59 Å². The molecule has 0 aromatic heterocycles. The molecule has 5 heteroatoms. The third-order valence-electron chi connectivity index (χ3n) is 3.75. The van der Waals surface area contributed by atoms with Gasteiger partial charge in [-0.15, -0.1) is 0 Å². The molecule has 2 rings (SSSR count). The first-order valence-corrected chi connectivity index (χ1v) is 6.37. The Labute approximate surface area is 102 Å². The van der Waals surface area contributed by atoms with Gasteiger partial charge >= 0.3 is 0 Å². The molecule has 0 saturated carbocycles. The molecule has 0 aliphatic carbocycles. The van der Waals surface area contributed by atoms with Gasteiger partial charge in [-0.1, -0.05) is 0 Å². The van der Waals surface area contributed by atoms with Gasteiger partial charge in [-0.2, -0.15) is 0 Å². The van der Waals surface area contributed by atoms with Gasteiger partial charge in [0.1, 0.15) is 0 Å². The fourth-order valence-corrected chi connectivity index (χ4v) is 2.80. The molecule has 0 bridgehead atoms. The van der Waals surface area contributed by atoms with Gasteiger partial charge in [-0.3, -0.25) is 9.59 Å². The third-order valence-corrected chi connectivity index (χ3v) is 3.75. The SMILES string of the molecule is CC(=O)NC1CCN(C(=O)C2CCNC2C)C1. The molecule has 2 amide bonds. The van der Waals surface area contributed by atoms with Crippen molar-refractivity contribution in [2.75, 3.05) is 19.6 Å². The predicted molar refractivity (Wildman–Crippen MR) is 64.4 cm³/mol. The number of hydrogen-bond donors (Lipinski definition) is 2. The standard InChI is InChI=1S/C12H21N3O2/c1-8-11(3-5-13-8)12(17)15-6-4-10(7-15)14-9(2)16/h8,10-11,13H,3-7H2,1-2H3,(H,14,16). The van der Waals surface area contributed by atoms with Crippen LogP contribution in [-0.2, 0) is 9.59 Å². The predicted octanol–water partition coefficient (Wildman–Crippen LogP) is -0.279. The normalized spacial score (nSPS) is 32.8. The first kappa shape index (κ1) is 12.4. The molecule has 2 aliphatic heterocycles. The summed E-state index contributed by atoms with van der Waals surface area (Å²) < 4.78 is 0. The quantitative estimate of drug-likeness (QED) is 0.697. The van der Waals surface area contributed by atoms with Gasteiger partial charge in [-0.05, 0) is 26.3 Å². The van der Waals surface area contributed by atoms with Gasteiger partial charge in [0.05, 0.1) is 5.92 Å². The molecule has 96 valence electrons. The molecule has 2 heterocycles. The van der Waals surface area contributed by atoms with Crippen LogP contribution in [0.3, 0.4) is 0 Å². The van der Waals surface area contributed by atoms with Crippen molar-refractivity contribution in [3.8, 4) is 0 Å². The van der Waals surface area contributed by atoms with Crippen LogP contribution < -0.4 is 10.6 Å². The zero-order valence-electron chi connectivity index (χ0n) is 10.5. The molecular weight excluding hydrogens is 218 g/mol. The lowest BCUT2D eigenvalue weighted by atomic mass is 10.0. The number of rotatable bonds is 2. The zero-order valence-corrected chi connectivity index (χ0v) is 10.5. The summed E-state index contributed by atoms with van der Waals surface area (Å²) in [6.07, 6.45) is 1.81. The number of amides is 2. The van der Waals surface area contributed by atoms with E-state index in [4.69, 9.17) is 0 Å². The fourth-order valence-electron chi connectivity index (χ4n) is 2.80. The van der Waals surface area contributed by atoms with Crippen molar-refractivity contribution in [1.82, 2.24) is 15.5 Å².